The second-order valence-corrected chi connectivity index (χ2v) is 7.60. The fourth-order valence-corrected chi connectivity index (χ4v) is 5.38. The molecule has 0 aromatic carbocycles. The van der Waals surface area contributed by atoms with Gasteiger partial charge in [-0.3, -0.25) is 4.90 Å². The highest BCUT2D eigenvalue weighted by atomic mass is 16.3. The van der Waals surface area contributed by atoms with Gasteiger partial charge in [0, 0.05) is 12.1 Å². The minimum absolute atomic E-state index is 0.0826. The fourth-order valence-electron chi connectivity index (χ4n) is 5.38. The molecule has 1 aliphatic heterocycles. The van der Waals surface area contributed by atoms with Crippen LogP contribution in [0.15, 0.2) is 0 Å². The van der Waals surface area contributed by atoms with Crippen molar-refractivity contribution in [1.82, 2.24) is 4.90 Å². The molecule has 2 heteroatoms. The van der Waals surface area contributed by atoms with Crippen molar-refractivity contribution in [1.29, 1.82) is 0 Å². The molecule has 2 aliphatic carbocycles. The minimum atomic E-state index is -0.0826. The van der Waals surface area contributed by atoms with Gasteiger partial charge in [0.2, 0.25) is 0 Å². The van der Waals surface area contributed by atoms with Gasteiger partial charge in [0.25, 0.3) is 0 Å². The maximum atomic E-state index is 10.6. The van der Waals surface area contributed by atoms with Crippen LogP contribution in [-0.2, 0) is 0 Å². The Kier molecular flexibility index (Phi) is 4.19. The first-order valence-electron chi connectivity index (χ1n) is 8.60. The van der Waals surface area contributed by atoms with E-state index in [-0.39, 0.29) is 6.10 Å². The zero-order valence-electron chi connectivity index (χ0n) is 12.7. The summed E-state index contributed by atoms with van der Waals surface area (Å²) in [4.78, 5) is 2.73. The molecule has 1 heterocycles. The van der Waals surface area contributed by atoms with Crippen molar-refractivity contribution in [3.63, 3.8) is 0 Å². The zero-order valence-corrected chi connectivity index (χ0v) is 12.7. The third kappa shape index (κ3) is 2.71. The van der Waals surface area contributed by atoms with Gasteiger partial charge in [-0.05, 0) is 62.8 Å². The summed E-state index contributed by atoms with van der Waals surface area (Å²) in [6, 6.07) is 1.24. The second kappa shape index (κ2) is 5.73. The Morgan fingerprint density at radius 3 is 2.37 bits per heavy atom. The van der Waals surface area contributed by atoms with Crippen LogP contribution in [0.25, 0.3) is 0 Å². The van der Waals surface area contributed by atoms with Crippen LogP contribution in [0.4, 0.5) is 0 Å². The number of aliphatic hydroxyl groups is 1. The molecular formula is C17H31NO. The molecule has 5 atom stereocenters. The molecule has 5 unspecified atom stereocenters. The first-order chi connectivity index (χ1) is 9.16. The molecule has 0 radical (unpaired) electrons. The predicted molar refractivity (Wildman–Crippen MR) is 79.0 cm³/mol. The molecule has 0 amide bonds. The van der Waals surface area contributed by atoms with Gasteiger partial charge in [-0.25, -0.2) is 0 Å². The lowest BCUT2D eigenvalue weighted by atomic mass is 9.76. The van der Waals surface area contributed by atoms with E-state index in [1.165, 1.54) is 51.5 Å². The fraction of sp³-hybridized carbons (Fsp3) is 1.00. The Balaban J connectivity index is 1.72. The van der Waals surface area contributed by atoms with Crippen LogP contribution >= 0.6 is 0 Å². The van der Waals surface area contributed by atoms with Gasteiger partial charge in [-0.1, -0.05) is 26.7 Å². The molecule has 110 valence electrons. The van der Waals surface area contributed by atoms with Gasteiger partial charge in [0.1, 0.15) is 0 Å². The Morgan fingerprint density at radius 2 is 1.68 bits per heavy atom. The van der Waals surface area contributed by atoms with Crippen LogP contribution in [0, 0.1) is 17.8 Å². The lowest BCUT2D eigenvalue weighted by molar-refractivity contribution is -0.0378. The van der Waals surface area contributed by atoms with Gasteiger partial charge in [-0.2, -0.15) is 0 Å². The monoisotopic (exact) mass is 265 g/mol. The Labute approximate surface area is 118 Å². The summed E-state index contributed by atoms with van der Waals surface area (Å²) < 4.78 is 0. The Hall–Kier alpha value is -0.0800. The Bertz CT molecular complexity index is 288. The maximum absolute atomic E-state index is 10.6. The summed E-state index contributed by atoms with van der Waals surface area (Å²) in [7, 11) is 0. The van der Waals surface area contributed by atoms with Crippen LogP contribution < -0.4 is 0 Å². The zero-order chi connectivity index (χ0) is 13.4. The van der Waals surface area contributed by atoms with Crippen molar-refractivity contribution in [2.45, 2.75) is 83.4 Å². The van der Waals surface area contributed by atoms with Crippen LogP contribution in [0.5, 0.6) is 0 Å². The number of hydrogen-bond donors (Lipinski definition) is 1. The molecule has 0 aromatic heterocycles. The summed E-state index contributed by atoms with van der Waals surface area (Å²) >= 11 is 0. The normalized spacial score (nSPS) is 45.9. The average molecular weight is 265 g/mol. The first kappa shape index (κ1) is 13.9. The van der Waals surface area contributed by atoms with E-state index in [9.17, 15) is 5.11 Å². The maximum Gasteiger partial charge on any atom is 0.0700 e. The highest BCUT2D eigenvalue weighted by molar-refractivity contribution is 4.97. The number of likely N-dealkylation sites (tertiary alicyclic amines) is 1. The van der Waals surface area contributed by atoms with Gasteiger partial charge in [-0.15, -0.1) is 0 Å². The van der Waals surface area contributed by atoms with Crippen molar-refractivity contribution >= 4 is 0 Å². The van der Waals surface area contributed by atoms with E-state index in [4.69, 9.17) is 0 Å². The molecule has 0 bridgehead atoms. The van der Waals surface area contributed by atoms with E-state index in [2.05, 4.69) is 18.7 Å². The highest BCUT2D eigenvalue weighted by Crippen LogP contribution is 2.41. The van der Waals surface area contributed by atoms with E-state index in [0.29, 0.717) is 17.9 Å². The minimum Gasteiger partial charge on any atom is -0.391 e. The van der Waals surface area contributed by atoms with Crippen LogP contribution in [-0.4, -0.2) is 34.7 Å². The molecule has 0 spiro atoms. The molecular weight excluding hydrogens is 234 g/mol. The number of nitrogens with zero attached hydrogens (tertiary/aromatic N) is 1. The molecule has 2 saturated carbocycles. The van der Waals surface area contributed by atoms with Crippen molar-refractivity contribution in [2.24, 2.45) is 17.8 Å². The van der Waals surface area contributed by atoms with Crippen LogP contribution in [0.1, 0.15) is 65.2 Å². The molecule has 0 aromatic rings. The molecule has 3 aliphatic rings. The summed E-state index contributed by atoms with van der Waals surface area (Å²) in [6.45, 7) is 5.91. The molecule has 2 nitrogen and oxygen atoms in total. The smallest absolute Gasteiger partial charge is 0.0700 e. The summed E-state index contributed by atoms with van der Waals surface area (Å²) in [6.07, 6.45) is 10.7. The SMILES string of the molecule is CC1CC(C)C(N2CCCC2C2CCCC2)C(O)C1. The third-order valence-corrected chi connectivity index (χ3v) is 6.06. The van der Waals surface area contributed by atoms with E-state index in [0.717, 1.165) is 18.4 Å². The van der Waals surface area contributed by atoms with Crippen molar-refractivity contribution in [2.75, 3.05) is 6.54 Å². The topological polar surface area (TPSA) is 23.5 Å². The lowest BCUT2D eigenvalue weighted by Gasteiger charge is -2.45. The number of aliphatic hydroxyl groups excluding tert-OH is 1. The van der Waals surface area contributed by atoms with Crippen molar-refractivity contribution < 1.29 is 5.11 Å². The van der Waals surface area contributed by atoms with Crippen molar-refractivity contribution in [3.8, 4) is 0 Å². The number of hydrogen-bond acceptors (Lipinski definition) is 2. The number of rotatable bonds is 2. The molecule has 3 rings (SSSR count). The highest BCUT2D eigenvalue weighted by Gasteiger charge is 2.43. The lowest BCUT2D eigenvalue weighted by Crippen LogP contribution is -2.54. The molecule has 1 N–H and O–H groups in total. The van der Waals surface area contributed by atoms with E-state index >= 15 is 0 Å². The van der Waals surface area contributed by atoms with Crippen molar-refractivity contribution in [3.05, 3.63) is 0 Å². The molecule has 19 heavy (non-hydrogen) atoms. The average Bonchev–Trinajstić information content (AvgIpc) is 2.96. The molecule has 1 saturated heterocycles. The third-order valence-electron chi connectivity index (χ3n) is 6.06. The summed E-state index contributed by atoms with van der Waals surface area (Å²) in [5.41, 5.74) is 0. The van der Waals surface area contributed by atoms with E-state index < -0.39 is 0 Å². The van der Waals surface area contributed by atoms with Crippen LogP contribution in [0.2, 0.25) is 0 Å². The van der Waals surface area contributed by atoms with E-state index in [1.54, 1.807) is 0 Å². The van der Waals surface area contributed by atoms with Gasteiger partial charge < -0.3 is 5.11 Å². The Morgan fingerprint density at radius 1 is 0.947 bits per heavy atom. The first-order valence-corrected chi connectivity index (χ1v) is 8.60. The van der Waals surface area contributed by atoms with Gasteiger partial charge >= 0.3 is 0 Å². The quantitative estimate of drug-likeness (QED) is 0.827. The predicted octanol–water partition coefficient (Wildman–Crippen LogP) is 3.44. The van der Waals surface area contributed by atoms with Crippen LogP contribution in [0.3, 0.4) is 0 Å². The van der Waals surface area contributed by atoms with E-state index in [1.807, 2.05) is 0 Å². The largest absolute Gasteiger partial charge is 0.391 e. The summed E-state index contributed by atoms with van der Waals surface area (Å²) in [5.74, 6) is 2.30. The van der Waals surface area contributed by atoms with Gasteiger partial charge in [0.05, 0.1) is 6.10 Å². The van der Waals surface area contributed by atoms with Gasteiger partial charge in [0.15, 0.2) is 0 Å². The second-order valence-electron chi connectivity index (χ2n) is 7.60. The standard InChI is InChI=1S/C17H31NO/c1-12-10-13(2)17(16(19)11-12)18-9-5-8-15(18)14-6-3-4-7-14/h12-17,19H,3-11H2,1-2H3. The summed E-state index contributed by atoms with van der Waals surface area (Å²) in [5, 5.41) is 10.6. The molecule has 3 fully saturated rings.